The van der Waals surface area contributed by atoms with Crippen molar-refractivity contribution in [2.45, 2.75) is 45.3 Å². The van der Waals surface area contributed by atoms with Crippen molar-refractivity contribution in [3.8, 4) is 28.3 Å². The number of amides is 1. The van der Waals surface area contributed by atoms with Gasteiger partial charge in [0, 0.05) is 38.9 Å². The minimum absolute atomic E-state index is 0.129. The summed E-state index contributed by atoms with van der Waals surface area (Å²) in [4.78, 5) is 18.0. The zero-order valence-electron chi connectivity index (χ0n) is 20.5. The lowest BCUT2D eigenvalue weighted by molar-refractivity contribution is -0.121. The first-order valence-corrected chi connectivity index (χ1v) is 13.0. The number of carbonyl (C=O) groups is 1. The molecule has 2 aromatic carbocycles. The summed E-state index contributed by atoms with van der Waals surface area (Å²) in [5.41, 5.74) is 4.86. The Hall–Kier alpha value is -3.06. The van der Waals surface area contributed by atoms with Gasteiger partial charge in [-0.05, 0) is 68.8 Å². The summed E-state index contributed by atoms with van der Waals surface area (Å²) in [5.74, 6) is 0.316. The molecule has 1 aliphatic heterocycles. The number of rotatable bonds is 5. The number of nitrogens with zero attached hydrogens (tertiary/aromatic N) is 2. The van der Waals surface area contributed by atoms with Gasteiger partial charge in [0.1, 0.15) is 5.60 Å². The van der Waals surface area contributed by atoms with Gasteiger partial charge in [-0.25, -0.2) is 4.98 Å². The number of aromatic amines is 1. The Morgan fingerprint density at radius 3 is 2.49 bits per heavy atom. The highest BCUT2D eigenvalue weighted by Gasteiger charge is 2.37. The van der Waals surface area contributed by atoms with Crippen molar-refractivity contribution < 1.29 is 9.53 Å². The van der Waals surface area contributed by atoms with Gasteiger partial charge in [0.05, 0.1) is 28.9 Å². The van der Waals surface area contributed by atoms with Crippen LogP contribution in [0.5, 0.6) is 5.88 Å². The molecular weight excluding hydrogens is 531 g/mol. The molecule has 37 heavy (non-hydrogen) atoms. The number of fused-ring (bicyclic) bond motifs is 1. The number of aromatic nitrogens is 3. The van der Waals surface area contributed by atoms with Gasteiger partial charge in [0.15, 0.2) is 0 Å². The Labute approximate surface area is 230 Å². The molecule has 0 spiro atoms. The van der Waals surface area contributed by atoms with Gasteiger partial charge in [-0.2, -0.15) is 5.10 Å². The summed E-state index contributed by atoms with van der Waals surface area (Å²) >= 11 is 19.1. The van der Waals surface area contributed by atoms with Gasteiger partial charge in [-0.3, -0.25) is 9.89 Å². The van der Waals surface area contributed by atoms with Crippen LogP contribution in [0.25, 0.3) is 22.4 Å². The van der Waals surface area contributed by atoms with Crippen molar-refractivity contribution in [2.24, 2.45) is 0 Å². The molecule has 0 radical (unpaired) electrons. The van der Waals surface area contributed by atoms with Crippen LogP contribution in [0, 0.1) is 6.92 Å². The number of carbonyl (C=O) groups excluding carboxylic acids is 1. The Bertz CT molecular complexity index is 1480. The average molecular weight is 556 g/mol. The summed E-state index contributed by atoms with van der Waals surface area (Å²) in [5, 5.41) is 11.9. The van der Waals surface area contributed by atoms with Gasteiger partial charge < -0.3 is 10.1 Å². The topological polar surface area (TPSA) is 79.9 Å². The van der Waals surface area contributed by atoms with E-state index in [0.717, 1.165) is 22.4 Å². The summed E-state index contributed by atoms with van der Waals surface area (Å²) < 4.78 is 6.32. The van der Waals surface area contributed by atoms with Crippen LogP contribution >= 0.6 is 34.8 Å². The minimum atomic E-state index is -0.557. The Morgan fingerprint density at radius 1 is 1.05 bits per heavy atom. The predicted molar refractivity (Wildman–Crippen MR) is 147 cm³/mol. The maximum absolute atomic E-state index is 13.0. The van der Waals surface area contributed by atoms with Crippen LogP contribution in [0.4, 0.5) is 0 Å². The van der Waals surface area contributed by atoms with E-state index in [0.29, 0.717) is 44.3 Å². The van der Waals surface area contributed by atoms with Crippen molar-refractivity contribution in [1.29, 1.82) is 0 Å². The highest BCUT2D eigenvalue weighted by Crippen LogP contribution is 2.45. The van der Waals surface area contributed by atoms with Gasteiger partial charge in [-0.1, -0.05) is 46.9 Å². The van der Waals surface area contributed by atoms with Crippen LogP contribution in [0.3, 0.4) is 0 Å². The molecule has 0 saturated carbocycles. The SMILES string of the molecule is Cc1cc(CC(=O)NC2CC(C)(C)Oc3nc(-c4cc(Cl)ccc4Cl)c(-c4ccc(Cl)cc4)cc32)n[nH]1. The maximum atomic E-state index is 13.0. The predicted octanol–water partition coefficient (Wildman–Crippen LogP) is 7.37. The fraction of sp³-hybridized carbons (Fsp3) is 0.250. The maximum Gasteiger partial charge on any atom is 0.226 e. The van der Waals surface area contributed by atoms with Crippen LogP contribution in [0.1, 0.15) is 43.3 Å². The molecule has 1 unspecified atom stereocenters. The molecule has 4 aromatic rings. The number of nitrogens with one attached hydrogen (secondary N) is 2. The van der Waals surface area contributed by atoms with E-state index in [9.17, 15) is 4.79 Å². The largest absolute Gasteiger partial charge is 0.471 e. The Balaban J connectivity index is 1.61. The van der Waals surface area contributed by atoms with E-state index in [-0.39, 0.29) is 18.4 Å². The third-order valence-electron chi connectivity index (χ3n) is 6.23. The third kappa shape index (κ3) is 5.61. The van der Waals surface area contributed by atoms with Crippen molar-refractivity contribution in [3.05, 3.63) is 86.6 Å². The number of hydrogen-bond donors (Lipinski definition) is 2. The second-order valence-corrected chi connectivity index (χ2v) is 11.1. The highest BCUT2D eigenvalue weighted by atomic mass is 35.5. The first-order chi connectivity index (χ1) is 17.6. The fourth-order valence-electron chi connectivity index (χ4n) is 4.59. The van der Waals surface area contributed by atoms with E-state index in [1.165, 1.54) is 0 Å². The number of ether oxygens (including phenoxy) is 1. The van der Waals surface area contributed by atoms with Crippen LogP contribution in [0.15, 0.2) is 54.6 Å². The summed E-state index contributed by atoms with van der Waals surface area (Å²) in [6.45, 7) is 5.86. The van der Waals surface area contributed by atoms with E-state index >= 15 is 0 Å². The first-order valence-electron chi connectivity index (χ1n) is 11.8. The van der Waals surface area contributed by atoms with Crippen LogP contribution < -0.4 is 10.1 Å². The average Bonchev–Trinajstić information content (AvgIpc) is 3.24. The van der Waals surface area contributed by atoms with Crippen LogP contribution in [-0.2, 0) is 11.2 Å². The molecule has 0 bridgehead atoms. The van der Waals surface area contributed by atoms with E-state index in [1.54, 1.807) is 18.2 Å². The monoisotopic (exact) mass is 554 g/mol. The fourth-order valence-corrected chi connectivity index (χ4v) is 5.09. The number of hydrogen-bond acceptors (Lipinski definition) is 4. The smallest absolute Gasteiger partial charge is 0.226 e. The van der Waals surface area contributed by atoms with Crippen LogP contribution in [0.2, 0.25) is 15.1 Å². The molecular formula is C28H25Cl3N4O2. The lowest BCUT2D eigenvalue weighted by atomic mass is 9.88. The minimum Gasteiger partial charge on any atom is -0.471 e. The first kappa shape index (κ1) is 25.6. The van der Waals surface area contributed by atoms with Gasteiger partial charge >= 0.3 is 0 Å². The van der Waals surface area contributed by atoms with Crippen molar-refractivity contribution in [1.82, 2.24) is 20.5 Å². The molecule has 2 N–H and O–H groups in total. The second-order valence-electron chi connectivity index (χ2n) is 9.82. The number of halogens is 3. The number of H-pyrrole nitrogens is 1. The van der Waals surface area contributed by atoms with E-state index in [4.69, 9.17) is 44.5 Å². The van der Waals surface area contributed by atoms with Crippen molar-refractivity contribution >= 4 is 40.7 Å². The third-order valence-corrected chi connectivity index (χ3v) is 7.05. The molecule has 3 heterocycles. The zero-order valence-corrected chi connectivity index (χ0v) is 22.8. The molecule has 0 fully saturated rings. The van der Waals surface area contributed by atoms with Gasteiger partial charge in [0.25, 0.3) is 0 Å². The molecule has 6 nitrogen and oxygen atoms in total. The normalized spacial score (nSPS) is 16.1. The molecule has 9 heteroatoms. The Morgan fingerprint density at radius 2 is 1.78 bits per heavy atom. The molecule has 0 aliphatic carbocycles. The number of pyridine rings is 1. The molecule has 1 amide bonds. The second kappa shape index (κ2) is 10.0. The molecule has 1 aliphatic rings. The van der Waals surface area contributed by atoms with Crippen molar-refractivity contribution in [3.63, 3.8) is 0 Å². The summed E-state index contributed by atoms with van der Waals surface area (Å²) in [6.07, 6.45) is 0.746. The van der Waals surface area contributed by atoms with Crippen LogP contribution in [-0.4, -0.2) is 26.7 Å². The summed E-state index contributed by atoms with van der Waals surface area (Å²) in [6, 6.07) is 16.3. The summed E-state index contributed by atoms with van der Waals surface area (Å²) in [7, 11) is 0. The highest BCUT2D eigenvalue weighted by molar-refractivity contribution is 6.35. The lowest BCUT2D eigenvalue weighted by Crippen LogP contribution is -2.42. The van der Waals surface area contributed by atoms with E-state index in [1.807, 2.05) is 57.2 Å². The lowest BCUT2D eigenvalue weighted by Gasteiger charge is -2.37. The molecule has 0 saturated heterocycles. The van der Waals surface area contributed by atoms with E-state index in [2.05, 4.69) is 15.5 Å². The van der Waals surface area contributed by atoms with Crippen molar-refractivity contribution in [2.75, 3.05) is 0 Å². The molecule has 190 valence electrons. The molecule has 2 aromatic heterocycles. The Kier molecular flexibility index (Phi) is 6.92. The van der Waals surface area contributed by atoms with Gasteiger partial charge in [0.2, 0.25) is 11.8 Å². The molecule has 5 rings (SSSR count). The number of benzene rings is 2. The quantitative estimate of drug-likeness (QED) is 0.269. The molecule has 1 atom stereocenters. The standard InChI is InChI=1S/C28H25Cl3N4O2/c1-15-10-19(35-34-15)12-25(36)32-24-14-28(2,3)37-27-22(24)13-20(16-4-6-17(29)7-5-16)26(33-27)21-11-18(30)8-9-23(21)31/h4-11,13,24H,12,14H2,1-3H3,(H,32,36)(H,34,35). The number of aryl methyl sites for hydroxylation is 1. The van der Waals surface area contributed by atoms with E-state index < -0.39 is 5.60 Å². The zero-order chi connectivity index (χ0) is 26.3. The van der Waals surface area contributed by atoms with Gasteiger partial charge in [-0.15, -0.1) is 0 Å².